The molecular weight excluding hydrogens is 424 g/mol. The highest BCUT2D eigenvalue weighted by molar-refractivity contribution is 5.75. The van der Waals surface area contributed by atoms with Gasteiger partial charge in [0.1, 0.15) is 19.0 Å². The Hall–Kier alpha value is -3.81. The molecule has 2 aromatic rings. The third-order valence-corrected chi connectivity index (χ3v) is 6.24. The molecule has 0 fully saturated rings. The van der Waals surface area contributed by atoms with E-state index < -0.39 is 16.1 Å². The van der Waals surface area contributed by atoms with Crippen molar-refractivity contribution < 1.29 is 23.9 Å². The number of hydrogen-bond donors (Lipinski definition) is 0. The van der Waals surface area contributed by atoms with Crippen molar-refractivity contribution in [2.45, 2.75) is 31.4 Å². The summed E-state index contributed by atoms with van der Waals surface area (Å²) < 4.78 is 16.8. The normalized spacial score (nSPS) is 19.4. The number of nitro groups is 1. The first-order valence-corrected chi connectivity index (χ1v) is 10.7. The highest BCUT2D eigenvalue weighted by Crippen LogP contribution is 2.55. The number of fused-ring (bicyclic) bond motifs is 2. The van der Waals surface area contributed by atoms with E-state index in [-0.39, 0.29) is 31.3 Å². The number of anilines is 1. The molecule has 33 heavy (non-hydrogen) atoms. The van der Waals surface area contributed by atoms with Gasteiger partial charge in [-0.2, -0.15) is 0 Å². The number of carbonyl (C=O) groups is 1. The fourth-order valence-corrected chi connectivity index (χ4v) is 4.55. The van der Waals surface area contributed by atoms with Crippen LogP contribution in [0, 0.1) is 10.1 Å². The van der Waals surface area contributed by atoms with E-state index in [1.54, 1.807) is 6.07 Å². The lowest BCUT2D eigenvalue weighted by atomic mass is 9.76. The first-order valence-electron chi connectivity index (χ1n) is 10.7. The predicted molar refractivity (Wildman–Crippen MR) is 124 cm³/mol. The van der Waals surface area contributed by atoms with Crippen molar-refractivity contribution >= 4 is 23.4 Å². The van der Waals surface area contributed by atoms with E-state index in [9.17, 15) is 14.9 Å². The van der Waals surface area contributed by atoms with Crippen LogP contribution in [0.2, 0.25) is 0 Å². The maximum absolute atomic E-state index is 12.4. The zero-order valence-electron chi connectivity index (χ0n) is 18.7. The molecule has 0 saturated heterocycles. The molecule has 0 amide bonds. The molecule has 2 heterocycles. The molecule has 0 aliphatic carbocycles. The Morgan fingerprint density at radius 3 is 2.79 bits per heavy atom. The summed E-state index contributed by atoms with van der Waals surface area (Å²) in [6.07, 6.45) is 5.25. The van der Waals surface area contributed by atoms with E-state index in [4.69, 9.17) is 14.2 Å². The molecule has 172 valence electrons. The molecule has 2 aromatic carbocycles. The van der Waals surface area contributed by atoms with Crippen molar-refractivity contribution in [1.82, 2.24) is 0 Å². The minimum absolute atomic E-state index is 0.00644. The molecular formula is C25H26N2O6. The van der Waals surface area contributed by atoms with Crippen molar-refractivity contribution in [1.29, 1.82) is 0 Å². The van der Waals surface area contributed by atoms with E-state index >= 15 is 0 Å². The fourth-order valence-electron chi connectivity index (χ4n) is 4.55. The maximum Gasteiger partial charge on any atom is 0.307 e. The number of carbonyl (C=O) groups excluding carboxylic acids is 1. The summed E-state index contributed by atoms with van der Waals surface area (Å²) in [4.78, 5) is 25.2. The average molecular weight is 450 g/mol. The third-order valence-electron chi connectivity index (χ3n) is 6.24. The smallest absolute Gasteiger partial charge is 0.307 e. The Labute approximate surface area is 192 Å². The quantitative estimate of drug-likeness (QED) is 0.191. The van der Waals surface area contributed by atoms with E-state index in [0.717, 1.165) is 11.3 Å². The second-order valence-corrected chi connectivity index (χ2v) is 8.41. The monoisotopic (exact) mass is 450 g/mol. The van der Waals surface area contributed by atoms with Gasteiger partial charge in [0.25, 0.3) is 5.69 Å². The third kappa shape index (κ3) is 3.82. The Balaban J connectivity index is 1.64. The van der Waals surface area contributed by atoms with Gasteiger partial charge < -0.3 is 19.1 Å². The maximum atomic E-state index is 12.4. The van der Waals surface area contributed by atoms with Gasteiger partial charge in [0.2, 0.25) is 5.72 Å². The zero-order chi connectivity index (χ0) is 23.6. The van der Waals surface area contributed by atoms with Crippen LogP contribution < -0.4 is 9.64 Å². The van der Waals surface area contributed by atoms with Crippen LogP contribution in [0.25, 0.3) is 6.08 Å². The van der Waals surface area contributed by atoms with Crippen LogP contribution in [0.4, 0.5) is 11.4 Å². The van der Waals surface area contributed by atoms with Crippen molar-refractivity contribution in [3.63, 3.8) is 0 Å². The molecule has 1 atom stereocenters. The molecule has 1 spiro atoms. The molecule has 8 nitrogen and oxygen atoms in total. The Bertz CT molecular complexity index is 1130. The van der Waals surface area contributed by atoms with Crippen LogP contribution in [-0.2, 0) is 19.7 Å². The first kappa shape index (κ1) is 22.4. The van der Waals surface area contributed by atoms with Crippen molar-refractivity contribution in [3.8, 4) is 5.75 Å². The molecule has 0 bridgehead atoms. The number of non-ortho nitro benzene ring substituents is 1. The molecule has 4 rings (SSSR count). The molecule has 2 aliphatic heterocycles. The van der Waals surface area contributed by atoms with E-state index in [1.165, 1.54) is 18.4 Å². The highest BCUT2D eigenvalue weighted by atomic mass is 16.6. The van der Waals surface area contributed by atoms with Crippen molar-refractivity contribution in [2.24, 2.45) is 0 Å². The van der Waals surface area contributed by atoms with Crippen LogP contribution >= 0.6 is 0 Å². The number of para-hydroxylation sites is 1. The topological polar surface area (TPSA) is 91.1 Å². The lowest BCUT2D eigenvalue weighted by molar-refractivity contribution is -0.384. The van der Waals surface area contributed by atoms with Crippen LogP contribution in [0.1, 0.15) is 31.4 Å². The number of rotatable bonds is 8. The second kappa shape index (κ2) is 8.61. The summed E-state index contributed by atoms with van der Waals surface area (Å²) in [5.74, 6) is 0.217. The van der Waals surface area contributed by atoms with Crippen LogP contribution in [-0.4, -0.2) is 36.4 Å². The Morgan fingerprint density at radius 1 is 1.24 bits per heavy atom. The van der Waals surface area contributed by atoms with Gasteiger partial charge in [0, 0.05) is 29.9 Å². The Kier molecular flexibility index (Phi) is 5.84. The molecule has 0 aromatic heterocycles. The van der Waals surface area contributed by atoms with Gasteiger partial charge >= 0.3 is 5.97 Å². The highest BCUT2D eigenvalue weighted by Gasteiger charge is 2.58. The number of hydrogen-bond acceptors (Lipinski definition) is 7. The number of ether oxygens (including phenoxy) is 3. The molecule has 0 saturated carbocycles. The standard InChI is InChI=1S/C25H26N2O6/c1-4-31-15-16-32-23(28)12-14-26-21-8-6-5-7-20(21)24(2,3)25(26)13-11-18-17-19(27(29)30)9-10-22(18)33-25/h4-11,13,17H,1,12,14-16H2,2-3H3. The lowest BCUT2D eigenvalue weighted by Crippen LogP contribution is -2.60. The van der Waals surface area contributed by atoms with Gasteiger partial charge in [-0.1, -0.05) is 24.8 Å². The van der Waals surface area contributed by atoms with Crippen LogP contribution in [0.15, 0.2) is 61.4 Å². The molecule has 8 heteroatoms. The van der Waals surface area contributed by atoms with Gasteiger partial charge in [-0.05, 0) is 43.7 Å². The van der Waals surface area contributed by atoms with E-state index in [0.29, 0.717) is 17.9 Å². The van der Waals surface area contributed by atoms with E-state index in [1.807, 2.05) is 30.4 Å². The molecule has 0 N–H and O–H groups in total. The van der Waals surface area contributed by atoms with Gasteiger partial charge in [0.05, 0.1) is 23.0 Å². The lowest BCUT2D eigenvalue weighted by Gasteiger charge is -2.47. The molecule has 1 unspecified atom stereocenters. The Morgan fingerprint density at radius 2 is 2.03 bits per heavy atom. The van der Waals surface area contributed by atoms with Gasteiger partial charge in [0.15, 0.2) is 0 Å². The van der Waals surface area contributed by atoms with Gasteiger partial charge in [-0.3, -0.25) is 14.9 Å². The molecule has 0 radical (unpaired) electrons. The zero-order valence-corrected chi connectivity index (χ0v) is 18.7. The fraction of sp³-hybridized carbons (Fsp3) is 0.320. The number of benzene rings is 2. The summed E-state index contributed by atoms with van der Waals surface area (Å²) in [6.45, 7) is 8.43. The number of esters is 1. The van der Waals surface area contributed by atoms with Gasteiger partial charge in [-0.25, -0.2) is 0 Å². The minimum Gasteiger partial charge on any atom is -0.498 e. The summed E-state index contributed by atoms with van der Waals surface area (Å²) >= 11 is 0. The largest absolute Gasteiger partial charge is 0.498 e. The predicted octanol–water partition coefficient (Wildman–Crippen LogP) is 4.59. The van der Waals surface area contributed by atoms with Crippen LogP contribution in [0.3, 0.4) is 0 Å². The molecule has 2 aliphatic rings. The van der Waals surface area contributed by atoms with Crippen molar-refractivity contribution in [3.05, 3.63) is 82.6 Å². The van der Waals surface area contributed by atoms with Crippen molar-refractivity contribution in [2.75, 3.05) is 24.7 Å². The first-order chi connectivity index (χ1) is 15.8. The minimum atomic E-state index is -0.911. The summed E-state index contributed by atoms with van der Waals surface area (Å²) in [5, 5.41) is 11.2. The SMILES string of the molecule is C=COCCOC(=O)CCN1c2ccccc2C(C)(C)C12C=Cc1cc([N+](=O)[O-])ccc1O2. The van der Waals surface area contributed by atoms with Gasteiger partial charge in [-0.15, -0.1) is 0 Å². The second-order valence-electron chi connectivity index (χ2n) is 8.41. The van der Waals surface area contributed by atoms with Crippen LogP contribution in [0.5, 0.6) is 5.75 Å². The summed E-state index contributed by atoms with van der Waals surface area (Å²) in [5.41, 5.74) is 1.33. The summed E-state index contributed by atoms with van der Waals surface area (Å²) in [6, 6.07) is 12.6. The number of nitro benzene ring substituents is 1. The number of nitrogens with zero attached hydrogens (tertiary/aromatic N) is 2. The summed E-state index contributed by atoms with van der Waals surface area (Å²) in [7, 11) is 0. The van der Waals surface area contributed by atoms with E-state index in [2.05, 4.69) is 31.4 Å². The average Bonchev–Trinajstić information content (AvgIpc) is 2.98.